The SMILES string of the molecule is COc1c(Oc2ccc(C)c(F)c2C(=O)Nc2ccnc(C(C)=O)c2)ccc(OC(F)(F)F)c1F. The number of anilines is 1. The lowest BCUT2D eigenvalue weighted by atomic mass is 10.1. The van der Waals surface area contributed by atoms with Gasteiger partial charge >= 0.3 is 6.36 Å². The standard InChI is InChI=1S/C23H17F5N2O5/c1-11-4-5-15(34-17-7-6-16(35-23(26,27)28)20(25)21(17)33-3)18(19(11)24)22(32)30-13-8-9-29-14(10-13)12(2)31/h4-10H,1-3H3,(H,29,30,32). The number of carbonyl (C=O) groups excluding carboxylic acids is 2. The third-order valence-electron chi connectivity index (χ3n) is 4.58. The molecule has 0 radical (unpaired) electrons. The number of ketones is 1. The van der Waals surface area contributed by atoms with Crippen molar-refractivity contribution in [3.05, 3.63) is 71.1 Å². The van der Waals surface area contributed by atoms with E-state index in [0.29, 0.717) is 6.07 Å². The number of pyridine rings is 1. The lowest BCUT2D eigenvalue weighted by molar-refractivity contribution is -0.275. The molecule has 3 aromatic rings. The summed E-state index contributed by atoms with van der Waals surface area (Å²) >= 11 is 0. The van der Waals surface area contributed by atoms with Crippen molar-refractivity contribution in [1.82, 2.24) is 4.98 Å². The Labute approximate surface area is 195 Å². The fourth-order valence-electron chi connectivity index (χ4n) is 2.97. The van der Waals surface area contributed by atoms with Crippen molar-refractivity contribution in [2.75, 3.05) is 12.4 Å². The molecule has 184 valence electrons. The predicted octanol–water partition coefficient (Wildman–Crippen LogP) is 5.82. The number of carbonyl (C=O) groups is 2. The summed E-state index contributed by atoms with van der Waals surface area (Å²) < 4.78 is 80.9. The first-order valence-corrected chi connectivity index (χ1v) is 9.78. The van der Waals surface area contributed by atoms with Gasteiger partial charge in [-0.25, -0.2) is 4.39 Å². The molecule has 0 spiro atoms. The molecule has 3 rings (SSSR count). The molecular weight excluding hydrogens is 479 g/mol. The summed E-state index contributed by atoms with van der Waals surface area (Å²) in [4.78, 5) is 28.3. The van der Waals surface area contributed by atoms with Gasteiger partial charge in [0.15, 0.2) is 17.3 Å². The zero-order valence-corrected chi connectivity index (χ0v) is 18.4. The first kappa shape index (κ1) is 25.4. The van der Waals surface area contributed by atoms with Crippen LogP contribution >= 0.6 is 0 Å². The molecule has 35 heavy (non-hydrogen) atoms. The van der Waals surface area contributed by atoms with E-state index in [1.54, 1.807) is 0 Å². The van der Waals surface area contributed by atoms with E-state index in [0.717, 1.165) is 13.2 Å². The molecule has 1 amide bonds. The van der Waals surface area contributed by atoms with Crippen LogP contribution in [0.3, 0.4) is 0 Å². The molecule has 0 unspecified atom stereocenters. The van der Waals surface area contributed by atoms with Crippen LogP contribution in [0.1, 0.15) is 33.3 Å². The Bertz CT molecular complexity index is 1290. The fourth-order valence-corrected chi connectivity index (χ4v) is 2.97. The zero-order chi connectivity index (χ0) is 25.9. The van der Waals surface area contributed by atoms with E-state index in [-0.39, 0.29) is 28.5 Å². The number of nitrogens with one attached hydrogen (secondary N) is 1. The van der Waals surface area contributed by atoms with Gasteiger partial charge in [0, 0.05) is 18.8 Å². The summed E-state index contributed by atoms with van der Waals surface area (Å²) in [6, 6.07) is 6.71. The molecule has 12 heteroatoms. The molecule has 0 atom stereocenters. The number of alkyl halides is 3. The van der Waals surface area contributed by atoms with Crippen LogP contribution in [-0.4, -0.2) is 30.1 Å². The fraction of sp³-hybridized carbons (Fsp3) is 0.174. The second-order valence-electron chi connectivity index (χ2n) is 7.07. The van der Waals surface area contributed by atoms with Gasteiger partial charge in [0.25, 0.3) is 5.91 Å². The van der Waals surface area contributed by atoms with Crippen LogP contribution in [0.5, 0.6) is 23.0 Å². The Morgan fingerprint density at radius 3 is 2.26 bits per heavy atom. The summed E-state index contributed by atoms with van der Waals surface area (Å²) in [6.07, 6.45) is -3.89. The number of Topliss-reactive ketones (excluding diaryl/α,β-unsaturated/α-hetero) is 1. The Kier molecular flexibility index (Phi) is 7.22. The van der Waals surface area contributed by atoms with Crippen molar-refractivity contribution in [3.8, 4) is 23.0 Å². The van der Waals surface area contributed by atoms with Crippen molar-refractivity contribution in [2.45, 2.75) is 20.2 Å². The number of rotatable bonds is 7. The van der Waals surface area contributed by atoms with Crippen LogP contribution in [0.2, 0.25) is 0 Å². The average Bonchev–Trinajstić information content (AvgIpc) is 2.77. The molecule has 0 aliphatic heterocycles. The van der Waals surface area contributed by atoms with Crippen LogP contribution in [0, 0.1) is 18.6 Å². The number of ether oxygens (including phenoxy) is 3. The minimum absolute atomic E-state index is 0.0605. The van der Waals surface area contributed by atoms with Crippen molar-refractivity contribution >= 4 is 17.4 Å². The lowest BCUT2D eigenvalue weighted by Gasteiger charge is -2.17. The lowest BCUT2D eigenvalue weighted by Crippen LogP contribution is -2.18. The maximum Gasteiger partial charge on any atom is 0.573 e. The van der Waals surface area contributed by atoms with Gasteiger partial charge in [-0.2, -0.15) is 4.39 Å². The Morgan fingerprint density at radius 1 is 0.971 bits per heavy atom. The van der Waals surface area contributed by atoms with E-state index < -0.39 is 46.7 Å². The molecule has 2 aromatic carbocycles. The van der Waals surface area contributed by atoms with Gasteiger partial charge < -0.3 is 19.5 Å². The second kappa shape index (κ2) is 9.95. The normalized spacial score (nSPS) is 11.1. The number of methoxy groups -OCH3 is 1. The third-order valence-corrected chi connectivity index (χ3v) is 4.58. The number of aryl methyl sites for hydroxylation is 1. The van der Waals surface area contributed by atoms with E-state index in [9.17, 15) is 31.5 Å². The minimum atomic E-state index is -5.16. The van der Waals surface area contributed by atoms with Crippen molar-refractivity contribution < 1.29 is 45.8 Å². The van der Waals surface area contributed by atoms with E-state index in [1.807, 2.05) is 0 Å². The van der Waals surface area contributed by atoms with Crippen LogP contribution in [0.25, 0.3) is 0 Å². The number of hydrogen-bond acceptors (Lipinski definition) is 6. The number of benzene rings is 2. The van der Waals surface area contributed by atoms with Gasteiger partial charge in [-0.05, 0) is 42.8 Å². The highest BCUT2D eigenvalue weighted by Crippen LogP contribution is 2.41. The molecular formula is C23H17F5N2O5. The van der Waals surface area contributed by atoms with E-state index in [2.05, 4.69) is 15.0 Å². The molecule has 0 aliphatic rings. The van der Waals surface area contributed by atoms with Gasteiger partial charge in [0.2, 0.25) is 11.6 Å². The summed E-state index contributed by atoms with van der Waals surface area (Å²) in [7, 11) is 0.974. The Hall–Kier alpha value is -4.22. The summed E-state index contributed by atoms with van der Waals surface area (Å²) in [5.41, 5.74) is -0.303. The summed E-state index contributed by atoms with van der Waals surface area (Å²) in [5, 5.41) is 2.42. The Balaban J connectivity index is 2.00. The molecule has 1 N–H and O–H groups in total. The van der Waals surface area contributed by atoms with Gasteiger partial charge in [-0.1, -0.05) is 6.07 Å². The number of hydrogen-bond donors (Lipinski definition) is 1. The Morgan fingerprint density at radius 2 is 1.63 bits per heavy atom. The quantitative estimate of drug-likeness (QED) is 0.328. The first-order valence-electron chi connectivity index (χ1n) is 9.78. The largest absolute Gasteiger partial charge is 0.573 e. The minimum Gasteiger partial charge on any atom is -0.490 e. The van der Waals surface area contributed by atoms with Gasteiger partial charge in [0.05, 0.1) is 7.11 Å². The van der Waals surface area contributed by atoms with Gasteiger partial charge in [0.1, 0.15) is 22.8 Å². The maximum atomic E-state index is 15.0. The van der Waals surface area contributed by atoms with E-state index >= 15 is 0 Å². The number of nitrogens with zero attached hydrogens (tertiary/aromatic N) is 1. The van der Waals surface area contributed by atoms with Crippen molar-refractivity contribution in [1.29, 1.82) is 0 Å². The highest BCUT2D eigenvalue weighted by molar-refractivity contribution is 6.07. The molecule has 0 bridgehead atoms. The van der Waals surface area contributed by atoms with Crippen molar-refractivity contribution in [2.24, 2.45) is 0 Å². The molecule has 1 aromatic heterocycles. The zero-order valence-electron chi connectivity index (χ0n) is 18.4. The van der Waals surface area contributed by atoms with Crippen LogP contribution in [0.15, 0.2) is 42.6 Å². The molecule has 0 fully saturated rings. The average molecular weight is 496 g/mol. The second-order valence-corrected chi connectivity index (χ2v) is 7.07. The molecule has 0 saturated carbocycles. The van der Waals surface area contributed by atoms with Crippen LogP contribution in [-0.2, 0) is 0 Å². The van der Waals surface area contributed by atoms with Gasteiger partial charge in [-0.15, -0.1) is 13.2 Å². The smallest absolute Gasteiger partial charge is 0.490 e. The number of amides is 1. The molecule has 0 saturated heterocycles. The van der Waals surface area contributed by atoms with E-state index in [4.69, 9.17) is 9.47 Å². The highest BCUT2D eigenvalue weighted by atomic mass is 19.4. The van der Waals surface area contributed by atoms with E-state index in [1.165, 1.54) is 44.3 Å². The van der Waals surface area contributed by atoms with Gasteiger partial charge in [-0.3, -0.25) is 14.6 Å². The summed E-state index contributed by atoms with van der Waals surface area (Å²) in [5.74, 6) is -6.58. The summed E-state index contributed by atoms with van der Waals surface area (Å²) in [6.45, 7) is 2.66. The predicted molar refractivity (Wildman–Crippen MR) is 113 cm³/mol. The molecule has 1 heterocycles. The van der Waals surface area contributed by atoms with Crippen LogP contribution in [0.4, 0.5) is 27.6 Å². The molecule has 0 aliphatic carbocycles. The third kappa shape index (κ3) is 5.83. The molecule has 7 nitrogen and oxygen atoms in total. The first-order chi connectivity index (χ1) is 16.4. The highest BCUT2D eigenvalue weighted by Gasteiger charge is 2.34. The number of aromatic nitrogens is 1. The van der Waals surface area contributed by atoms with Crippen molar-refractivity contribution in [3.63, 3.8) is 0 Å². The monoisotopic (exact) mass is 496 g/mol. The number of halogens is 5. The van der Waals surface area contributed by atoms with Crippen LogP contribution < -0.4 is 19.5 Å². The maximum absolute atomic E-state index is 15.0. The topological polar surface area (TPSA) is 86.8 Å².